The lowest BCUT2D eigenvalue weighted by Crippen LogP contribution is -2.55. The number of aliphatic hydroxyl groups is 1. The van der Waals surface area contributed by atoms with Gasteiger partial charge in [-0.15, -0.1) is 0 Å². The lowest BCUT2D eigenvalue weighted by Gasteiger charge is -2.41. The van der Waals surface area contributed by atoms with E-state index in [1.807, 2.05) is 25.9 Å². The number of hydrogen-bond acceptors (Lipinski definition) is 4. The average molecular weight is 257 g/mol. The molecule has 1 aliphatic heterocycles. The summed E-state index contributed by atoms with van der Waals surface area (Å²) in [6, 6.07) is 1.14. The van der Waals surface area contributed by atoms with Crippen molar-refractivity contribution in [2.45, 2.75) is 44.9 Å². The first-order valence-corrected chi connectivity index (χ1v) is 7.02. The minimum atomic E-state index is -0.657. The van der Waals surface area contributed by atoms with Gasteiger partial charge in [0, 0.05) is 31.7 Å². The summed E-state index contributed by atoms with van der Waals surface area (Å²) in [7, 11) is 6.18. The van der Waals surface area contributed by atoms with E-state index in [4.69, 9.17) is 0 Å². The normalized spacial score (nSPS) is 33.7. The van der Waals surface area contributed by atoms with Gasteiger partial charge in [-0.25, -0.2) is 0 Å². The van der Waals surface area contributed by atoms with Gasteiger partial charge in [-0.2, -0.15) is 0 Å². The summed E-state index contributed by atoms with van der Waals surface area (Å²) in [4.78, 5) is 4.45. The molecule has 1 rings (SSSR count). The Bertz CT molecular complexity index is 255. The van der Waals surface area contributed by atoms with Crippen LogP contribution in [0.2, 0.25) is 0 Å². The van der Waals surface area contributed by atoms with Gasteiger partial charge in [0.25, 0.3) is 0 Å². The van der Waals surface area contributed by atoms with Crippen molar-refractivity contribution in [3.63, 3.8) is 0 Å². The molecule has 0 radical (unpaired) electrons. The number of likely N-dealkylation sites (tertiary alicyclic amines) is 1. The molecule has 18 heavy (non-hydrogen) atoms. The maximum atomic E-state index is 10.3. The van der Waals surface area contributed by atoms with Crippen LogP contribution >= 0.6 is 0 Å². The van der Waals surface area contributed by atoms with E-state index >= 15 is 0 Å². The van der Waals surface area contributed by atoms with Gasteiger partial charge < -0.3 is 20.2 Å². The molecule has 0 saturated carbocycles. The predicted molar refractivity (Wildman–Crippen MR) is 76.8 cm³/mol. The summed E-state index contributed by atoms with van der Waals surface area (Å²) in [6.45, 7) is 8.96. The molecule has 108 valence electrons. The molecule has 1 fully saturated rings. The average Bonchev–Trinajstić information content (AvgIpc) is 2.19. The second kappa shape index (κ2) is 6.33. The summed E-state index contributed by atoms with van der Waals surface area (Å²) in [5.74, 6) is 0.640. The third kappa shape index (κ3) is 4.84. The van der Waals surface area contributed by atoms with Crippen LogP contribution in [0.5, 0.6) is 0 Å². The maximum Gasteiger partial charge on any atom is 0.0869 e. The highest BCUT2D eigenvalue weighted by Gasteiger charge is 2.30. The summed E-state index contributed by atoms with van der Waals surface area (Å²) >= 11 is 0. The Morgan fingerprint density at radius 2 is 2.00 bits per heavy atom. The molecule has 4 heteroatoms. The standard InChI is InChI=1S/C14H31N3O/c1-11-8-17(6)12(2)7-13(11)15-9-14(3,18)10-16(4)5/h11-13,15,18H,7-10H2,1-6H3. The number of hydrogen-bond donors (Lipinski definition) is 2. The highest BCUT2D eigenvalue weighted by molar-refractivity contribution is 4.88. The zero-order valence-corrected chi connectivity index (χ0v) is 12.9. The van der Waals surface area contributed by atoms with E-state index in [0.29, 0.717) is 31.1 Å². The largest absolute Gasteiger partial charge is 0.388 e. The maximum absolute atomic E-state index is 10.3. The molecule has 1 heterocycles. The van der Waals surface area contributed by atoms with Gasteiger partial charge >= 0.3 is 0 Å². The molecule has 1 aliphatic rings. The molecule has 0 aromatic heterocycles. The van der Waals surface area contributed by atoms with Crippen LogP contribution in [0.4, 0.5) is 0 Å². The van der Waals surface area contributed by atoms with Gasteiger partial charge in [0.2, 0.25) is 0 Å². The molecule has 0 spiro atoms. The Balaban J connectivity index is 2.43. The predicted octanol–water partition coefficient (Wildman–Crippen LogP) is 0.617. The van der Waals surface area contributed by atoms with E-state index in [0.717, 1.165) is 13.0 Å². The minimum Gasteiger partial charge on any atom is -0.388 e. The molecular weight excluding hydrogens is 226 g/mol. The lowest BCUT2D eigenvalue weighted by molar-refractivity contribution is 0.0234. The molecule has 0 bridgehead atoms. The van der Waals surface area contributed by atoms with Crippen LogP contribution in [-0.4, -0.2) is 73.4 Å². The first-order chi connectivity index (χ1) is 8.21. The van der Waals surface area contributed by atoms with Crippen molar-refractivity contribution in [3.8, 4) is 0 Å². The molecule has 0 amide bonds. The molecule has 4 nitrogen and oxygen atoms in total. The number of likely N-dealkylation sites (N-methyl/N-ethyl adjacent to an activating group) is 1. The lowest BCUT2D eigenvalue weighted by atomic mass is 9.89. The van der Waals surface area contributed by atoms with Gasteiger partial charge in [0.15, 0.2) is 0 Å². The Hall–Kier alpha value is -0.160. The van der Waals surface area contributed by atoms with E-state index in [9.17, 15) is 5.11 Å². The zero-order valence-electron chi connectivity index (χ0n) is 12.9. The fraction of sp³-hybridized carbons (Fsp3) is 1.00. The first-order valence-electron chi connectivity index (χ1n) is 7.02. The topological polar surface area (TPSA) is 38.7 Å². The van der Waals surface area contributed by atoms with E-state index in [2.05, 4.69) is 31.1 Å². The summed E-state index contributed by atoms with van der Waals surface area (Å²) < 4.78 is 0. The van der Waals surface area contributed by atoms with Crippen LogP contribution < -0.4 is 5.32 Å². The van der Waals surface area contributed by atoms with Crippen LogP contribution in [0.1, 0.15) is 27.2 Å². The quantitative estimate of drug-likeness (QED) is 0.757. The van der Waals surface area contributed by atoms with Crippen LogP contribution in [0.3, 0.4) is 0 Å². The second-order valence-corrected chi connectivity index (χ2v) is 6.72. The summed E-state index contributed by atoms with van der Waals surface area (Å²) in [5, 5.41) is 13.9. The molecule has 1 saturated heterocycles. The van der Waals surface area contributed by atoms with Crippen molar-refractivity contribution in [1.82, 2.24) is 15.1 Å². The van der Waals surface area contributed by atoms with Gasteiger partial charge in [-0.3, -0.25) is 0 Å². The van der Waals surface area contributed by atoms with E-state index in [1.165, 1.54) is 0 Å². The Labute approximate surface area is 112 Å². The monoisotopic (exact) mass is 257 g/mol. The summed E-state index contributed by atoms with van der Waals surface area (Å²) in [5.41, 5.74) is -0.657. The summed E-state index contributed by atoms with van der Waals surface area (Å²) in [6.07, 6.45) is 1.16. The number of nitrogens with zero attached hydrogens (tertiary/aromatic N) is 2. The van der Waals surface area contributed by atoms with Crippen molar-refractivity contribution < 1.29 is 5.11 Å². The Morgan fingerprint density at radius 1 is 1.39 bits per heavy atom. The molecule has 0 aromatic carbocycles. The number of piperidine rings is 1. The highest BCUT2D eigenvalue weighted by Crippen LogP contribution is 2.21. The van der Waals surface area contributed by atoms with Crippen molar-refractivity contribution in [1.29, 1.82) is 0 Å². The van der Waals surface area contributed by atoms with Crippen LogP contribution in [-0.2, 0) is 0 Å². The van der Waals surface area contributed by atoms with Gasteiger partial charge in [0.05, 0.1) is 5.60 Å². The van der Waals surface area contributed by atoms with Gasteiger partial charge in [-0.05, 0) is 47.3 Å². The van der Waals surface area contributed by atoms with E-state index in [-0.39, 0.29) is 0 Å². The fourth-order valence-corrected chi connectivity index (χ4v) is 2.91. The molecule has 4 unspecified atom stereocenters. The minimum absolute atomic E-state index is 0.518. The highest BCUT2D eigenvalue weighted by atomic mass is 16.3. The van der Waals surface area contributed by atoms with Crippen molar-refractivity contribution in [3.05, 3.63) is 0 Å². The molecule has 0 aromatic rings. The van der Waals surface area contributed by atoms with E-state index in [1.54, 1.807) is 0 Å². The smallest absolute Gasteiger partial charge is 0.0869 e. The Morgan fingerprint density at radius 3 is 2.56 bits per heavy atom. The van der Waals surface area contributed by atoms with E-state index < -0.39 is 5.60 Å². The first kappa shape index (κ1) is 15.9. The zero-order chi connectivity index (χ0) is 13.9. The third-order valence-electron chi connectivity index (χ3n) is 4.01. The molecule has 4 atom stereocenters. The number of rotatable bonds is 5. The van der Waals surface area contributed by atoms with Crippen LogP contribution in [0.25, 0.3) is 0 Å². The Kier molecular flexibility index (Phi) is 5.59. The second-order valence-electron chi connectivity index (χ2n) is 6.72. The van der Waals surface area contributed by atoms with Crippen LogP contribution in [0, 0.1) is 5.92 Å². The SMILES string of the molecule is CC1CN(C)C(C)CC1NCC(C)(O)CN(C)C. The van der Waals surface area contributed by atoms with Crippen molar-refractivity contribution >= 4 is 0 Å². The fourth-order valence-electron chi connectivity index (χ4n) is 2.91. The van der Waals surface area contributed by atoms with Crippen LogP contribution in [0.15, 0.2) is 0 Å². The van der Waals surface area contributed by atoms with Gasteiger partial charge in [0.1, 0.15) is 0 Å². The third-order valence-corrected chi connectivity index (χ3v) is 4.01. The number of nitrogens with one attached hydrogen (secondary N) is 1. The molecule has 0 aliphatic carbocycles. The van der Waals surface area contributed by atoms with Crippen molar-refractivity contribution in [2.24, 2.45) is 5.92 Å². The van der Waals surface area contributed by atoms with Crippen molar-refractivity contribution in [2.75, 3.05) is 40.8 Å². The molecule has 2 N–H and O–H groups in total. The van der Waals surface area contributed by atoms with Gasteiger partial charge in [-0.1, -0.05) is 6.92 Å². The molecular formula is C14H31N3O.